The number of rotatable bonds is 5. The fourth-order valence-corrected chi connectivity index (χ4v) is 4.14. The molecule has 1 saturated heterocycles. The van der Waals surface area contributed by atoms with Gasteiger partial charge < -0.3 is 25.0 Å². The van der Waals surface area contributed by atoms with E-state index in [4.69, 9.17) is 9.47 Å². The second-order valence-corrected chi connectivity index (χ2v) is 7.57. The van der Waals surface area contributed by atoms with Crippen molar-refractivity contribution in [2.45, 2.75) is 44.6 Å². The molecule has 2 N–H and O–H groups in total. The fourth-order valence-electron chi connectivity index (χ4n) is 4.14. The highest BCUT2D eigenvalue weighted by Gasteiger charge is 2.38. The Labute approximate surface area is 163 Å². The summed E-state index contributed by atoms with van der Waals surface area (Å²) >= 11 is 0. The summed E-state index contributed by atoms with van der Waals surface area (Å²) < 4.78 is 10.5. The van der Waals surface area contributed by atoms with Crippen LogP contribution in [0.3, 0.4) is 0 Å². The molecule has 3 aliphatic rings. The highest BCUT2D eigenvalue weighted by Crippen LogP contribution is 2.34. The number of nitrogens with one attached hydrogen (secondary N) is 2. The summed E-state index contributed by atoms with van der Waals surface area (Å²) in [4.78, 5) is 38.7. The van der Waals surface area contributed by atoms with Crippen LogP contribution in [0.2, 0.25) is 0 Å². The van der Waals surface area contributed by atoms with Gasteiger partial charge in [-0.3, -0.25) is 14.4 Å². The van der Waals surface area contributed by atoms with Crippen LogP contribution in [0.5, 0.6) is 11.5 Å². The molecular formula is C20H25N3O5. The van der Waals surface area contributed by atoms with E-state index < -0.39 is 0 Å². The lowest BCUT2D eigenvalue weighted by atomic mass is 9.94. The van der Waals surface area contributed by atoms with Crippen LogP contribution in [0.1, 0.15) is 38.5 Å². The molecule has 1 aliphatic carbocycles. The van der Waals surface area contributed by atoms with Crippen LogP contribution >= 0.6 is 0 Å². The number of amides is 3. The molecule has 1 saturated carbocycles. The number of nitrogens with zero attached hydrogens (tertiary/aromatic N) is 1. The van der Waals surface area contributed by atoms with Crippen molar-refractivity contribution in [2.24, 2.45) is 5.92 Å². The Morgan fingerprint density at radius 3 is 2.71 bits per heavy atom. The maximum absolute atomic E-state index is 12.4. The number of ether oxygens (including phenoxy) is 2. The largest absolute Gasteiger partial charge is 0.454 e. The summed E-state index contributed by atoms with van der Waals surface area (Å²) in [6.45, 7) is 0.487. The molecule has 28 heavy (non-hydrogen) atoms. The summed E-state index contributed by atoms with van der Waals surface area (Å²) in [6, 6.07) is 5.39. The molecular weight excluding hydrogens is 362 g/mol. The molecule has 1 aromatic carbocycles. The second kappa shape index (κ2) is 8.08. The molecule has 2 fully saturated rings. The van der Waals surface area contributed by atoms with E-state index in [9.17, 15) is 14.4 Å². The molecule has 1 unspecified atom stereocenters. The quantitative estimate of drug-likeness (QED) is 0.801. The number of carbonyl (C=O) groups excluding carboxylic acids is 3. The third-order valence-electron chi connectivity index (χ3n) is 5.62. The Balaban J connectivity index is 1.25. The van der Waals surface area contributed by atoms with Crippen molar-refractivity contribution in [3.63, 3.8) is 0 Å². The van der Waals surface area contributed by atoms with Crippen LogP contribution in [0.25, 0.3) is 0 Å². The average Bonchev–Trinajstić information content (AvgIpc) is 3.33. The van der Waals surface area contributed by atoms with Crippen molar-refractivity contribution in [3.8, 4) is 11.5 Å². The summed E-state index contributed by atoms with van der Waals surface area (Å²) in [5, 5.41) is 5.38. The summed E-state index contributed by atoms with van der Waals surface area (Å²) in [5.41, 5.74) is 0.572. The first kappa shape index (κ1) is 18.6. The number of fused-ring (bicyclic) bond motifs is 1. The third kappa shape index (κ3) is 4.05. The van der Waals surface area contributed by atoms with Crippen LogP contribution in [0.15, 0.2) is 18.2 Å². The van der Waals surface area contributed by atoms with Crippen LogP contribution in [-0.2, 0) is 14.4 Å². The van der Waals surface area contributed by atoms with Gasteiger partial charge in [-0.05, 0) is 25.0 Å². The number of benzene rings is 1. The minimum absolute atomic E-state index is 0.0526. The monoisotopic (exact) mass is 387 g/mol. The zero-order valence-corrected chi connectivity index (χ0v) is 15.7. The molecule has 0 radical (unpaired) electrons. The molecule has 4 rings (SSSR count). The molecule has 150 valence electrons. The lowest BCUT2D eigenvalue weighted by Crippen LogP contribution is -2.40. The SMILES string of the molecule is O=C(CNC(=O)C1CC(=O)N(C2CCCCC2)C1)Nc1ccc2c(c1)OCO2. The molecule has 2 heterocycles. The molecule has 1 atom stereocenters. The summed E-state index contributed by atoms with van der Waals surface area (Å²) in [6.07, 6.45) is 5.79. The zero-order chi connectivity index (χ0) is 19.5. The topological polar surface area (TPSA) is 97.0 Å². The van der Waals surface area contributed by atoms with Crippen LogP contribution in [0.4, 0.5) is 5.69 Å². The molecule has 0 spiro atoms. The van der Waals surface area contributed by atoms with Gasteiger partial charge in [-0.25, -0.2) is 0 Å². The molecule has 8 heteroatoms. The van der Waals surface area contributed by atoms with E-state index in [0.29, 0.717) is 23.7 Å². The molecule has 1 aromatic rings. The van der Waals surface area contributed by atoms with Gasteiger partial charge in [-0.15, -0.1) is 0 Å². The molecule has 3 amide bonds. The minimum atomic E-state index is -0.382. The van der Waals surface area contributed by atoms with Crippen LogP contribution < -0.4 is 20.1 Å². The second-order valence-electron chi connectivity index (χ2n) is 7.57. The van der Waals surface area contributed by atoms with Crippen LogP contribution in [-0.4, -0.2) is 48.5 Å². The van der Waals surface area contributed by atoms with Gasteiger partial charge in [0.2, 0.25) is 24.5 Å². The molecule has 8 nitrogen and oxygen atoms in total. The molecule has 2 aliphatic heterocycles. The number of hydrogen-bond acceptors (Lipinski definition) is 5. The lowest BCUT2D eigenvalue weighted by molar-refractivity contribution is -0.130. The van der Waals surface area contributed by atoms with E-state index in [1.165, 1.54) is 6.42 Å². The fraction of sp³-hybridized carbons (Fsp3) is 0.550. The first-order valence-corrected chi connectivity index (χ1v) is 9.87. The maximum atomic E-state index is 12.4. The Morgan fingerprint density at radius 1 is 1.11 bits per heavy atom. The van der Waals surface area contributed by atoms with E-state index in [1.54, 1.807) is 18.2 Å². The van der Waals surface area contributed by atoms with Gasteiger partial charge in [-0.2, -0.15) is 0 Å². The predicted molar refractivity (Wildman–Crippen MR) is 101 cm³/mol. The maximum Gasteiger partial charge on any atom is 0.243 e. The Hall–Kier alpha value is -2.77. The highest BCUT2D eigenvalue weighted by molar-refractivity contribution is 5.96. The van der Waals surface area contributed by atoms with Crippen molar-refractivity contribution in [1.82, 2.24) is 10.2 Å². The van der Waals surface area contributed by atoms with Gasteiger partial charge in [0, 0.05) is 30.8 Å². The van der Waals surface area contributed by atoms with Gasteiger partial charge in [0.1, 0.15) is 0 Å². The average molecular weight is 387 g/mol. The zero-order valence-electron chi connectivity index (χ0n) is 15.7. The predicted octanol–water partition coefficient (Wildman–Crippen LogP) is 1.65. The Kier molecular flexibility index (Phi) is 5.36. The lowest BCUT2D eigenvalue weighted by Gasteiger charge is -2.31. The van der Waals surface area contributed by atoms with Crippen molar-refractivity contribution in [3.05, 3.63) is 18.2 Å². The Bertz CT molecular complexity index is 775. The highest BCUT2D eigenvalue weighted by atomic mass is 16.7. The van der Waals surface area contributed by atoms with Gasteiger partial charge in [0.25, 0.3) is 0 Å². The summed E-state index contributed by atoms with van der Waals surface area (Å²) in [7, 11) is 0. The summed E-state index contributed by atoms with van der Waals surface area (Å²) in [5.74, 6) is 0.312. The van der Waals surface area contributed by atoms with Crippen molar-refractivity contribution in [2.75, 3.05) is 25.2 Å². The first-order chi connectivity index (χ1) is 13.6. The van der Waals surface area contributed by atoms with Gasteiger partial charge in [-0.1, -0.05) is 19.3 Å². The van der Waals surface area contributed by atoms with Crippen molar-refractivity contribution < 1.29 is 23.9 Å². The Morgan fingerprint density at radius 2 is 1.89 bits per heavy atom. The smallest absolute Gasteiger partial charge is 0.243 e. The number of anilines is 1. The van der Waals surface area contributed by atoms with Gasteiger partial charge >= 0.3 is 0 Å². The number of likely N-dealkylation sites (tertiary alicyclic amines) is 1. The van der Waals surface area contributed by atoms with Crippen LogP contribution in [0, 0.1) is 5.92 Å². The van der Waals surface area contributed by atoms with E-state index in [2.05, 4.69) is 10.6 Å². The van der Waals surface area contributed by atoms with E-state index >= 15 is 0 Å². The third-order valence-corrected chi connectivity index (χ3v) is 5.62. The van der Waals surface area contributed by atoms with E-state index in [0.717, 1.165) is 25.7 Å². The van der Waals surface area contributed by atoms with E-state index in [-0.39, 0.29) is 49.4 Å². The van der Waals surface area contributed by atoms with Gasteiger partial charge in [0.15, 0.2) is 11.5 Å². The number of hydrogen-bond donors (Lipinski definition) is 2. The molecule has 0 aromatic heterocycles. The number of carbonyl (C=O) groups is 3. The molecule has 0 bridgehead atoms. The standard InChI is InChI=1S/C20H25N3O5/c24-18(22-14-6-7-16-17(9-14)28-12-27-16)10-21-20(26)13-8-19(25)23(11-13)15-4-2-1-3-5-15/h6-7,9,13,15H,1-5,8,10-12H2,(H,21,26)(H,22,24). The van der Waals surface area contributed by atoms with Crippen molar-refractivity contribution in [1.29, 1.82) is 0 Å². The van der Waals surface area contributed by atoms with E-state index in [1.807, 2.05) is 4.90 Å². The first-order valence-electron chi connectivity index (χ1n) is 9.87. The van der Waals surface area contributed by atoms with Crippen molar-refractivity contribution >= 4 is 23.4 Å². The minimum Gasteiger partial charge on any atom is -0.454 e. The van der Waals surface area contributed by atoms with Gasteiger partial charge in [0.05, 0.1) is 12.5 Å². The normalized spacial score (nSPS) is 21.6.